The summed E-state index contributed by atoms with van der Waals surface area (Å²) < 4.78 is 8.21. The van der Waals surface area contributed by atoms with Gasteiger partial charge in [-0.25, -0.2) is 4.98 Å². The normalized spacial score (nSPS) is 14.7. The van der Waals surface area contributed by atoms with Crippen molar-refractivity contribution in [3.05, 3.63) is 83.2 Å². The van der Waals surface area contributed by atoms with Crippen LogP contribution in [0.3, 0.4) is 0 Å². The zero-order valence-electron chi connectivity index (χ0n) is 18.0. The summed E-state index contributed by atoms with van der Waals surface area (Å²) in [6.07, 6.45) is 4.50. The number of phenols is 1. The third-order valence-corrected chi connectivity index (χ3v) is 5.83. The highest BCUT2D eigenvalue weighted by molar-refractivity contribution is 6.02. The number of rotatable bonds is 3. The molecule has 4 aromatic rings. The van der Waals surface area contributed by atoms with Gasteiger partial charge in [-0.1, -0.05) is 19.1 Å². The molecule has 1 N–H and O–H groups in total. The highest BCUT2D eigenvalue weighted by atomic mass is 16.5. The minimum absolute atomic E-state index is 0.259. The van der Waals surface area contributed by atoms with Crippen LogP contribution in [0.5, 0.6) is 11.6 Å². The fourth-order valence-electron chi connectivity index (χ4n) is 4.43. The van der Waals surface area contributed by atoms with Crippen LogP contribution in [0.4, 0.5) is 0 Å². The predicted octanol–water partition coefficient (Wildman–Crippen LogP) is 5.98. The van der Waals surface area contributed by atoms with Crippen LogP contribution in [0.2, 0.25) is 0 Å². The number of pyridine rings is 1. The second kappa shape index (κ2) is 7.58. The van der Waals surface area contributed by atoms with Gasteiger partial charge >= 0.3 is 0 Å². The number of fused-ring (bicyclic) bond motifs is 3. The largest absolute Gasteiger partial charge is 0.508 e. The van der Waals surface area contributed by atoms with E-state index in [1.807, 2.05) is 35.1 Å². The zero-order valence-corrected chi connectivity index (χ0v) is 18.0. The smallest absolute Gasteiger partial charge is 0.221 e. The number of hydrogen-bond donors (Lipinski definition) is 1. The second-order valence-corrected chi connectivity index (χ2v) is 8.15. The van der Waals surface area contributed by atoms with Crippen LogP contribution < -0.4 is 4.74 Å². The summed E-state index contributed by atoms with van der Waals surface area (Å²) in [5, 5.41) is 15.8. The first kappa shape index (κ1) is 19.4. The average Bonchev–Trinajstić information content (AvgIpc) is 3.12. The lowest BCUT2D eigenvalue weighted by molar-refractivity contribution is 0.295. The van der Waals surface area contributed by atoms with E-state index in [0.29, 0.717) is 12.5 Å². The van der Waals surface area contributed by atoms with E-state index in [4.69, 9.17) is 4.74 Å². The summed E-state index contributed by atoms with van der Waals surface area (Å²) in [7, 11) is 0. The van der Waals surface area contributed by atoms with Crippen molar-refractivity contribution in [3.8, 4) is 11.6 Å². The molecule has 3 heterocycles. The van der Waals surface area contributed by atoms with Crippen LogP contribution in [0.1, 0.15) is 55.5 Å². The Morgan fingerprint density at radius 3 is 2.77 bits per heavy atom. The molecule has 2 aromatic carbocycles. The van der Waals surface area contributed by atoms with E-state index >= 15 is 0 Å². The van der Waals surface area contributed by atoms with Crippen LogP contribution in [-0.2, 0) is 6.61 Å². The van der Waals surface area contributed by atoms with Gasteiger partial charge in [0.25, 0.3) is 0 Å². The molecule has 5 nitrogen and oxygen atoms in total. The average molecular weight is 412 g/mol. The third-order valence-electron chi connectivity index (χ3n) is 5.83. The van der Waals surface area contributed by atoms with Crippen LogP contribution in [0.25, 0.3) is 22.0 Å². The SMILES string of the molecule is CC/C(=C1\c2cc3cnn(C(C)C)c3cc2COc2ncccc21)c1cccc(O)c1. The standard InChI is InChI=1S/C26H25N3O2/c1-4-21(17-7-5-8-20(30)11-17)25-22-9-6-10-27-26(22)31-15-19-13-24-18(12-23(19)25)14-28-29(24)16(2)3/h5-14,16,30H,4,15H2,1-3H3/b25-21+. The summed E-state index contributed by atoms with van der Waals surface area (Å²) in [6.45, 7) is 6.86. The zero-order chi connectivity index (χ0) is 21.5. The van der Waals surface area contributed by atoms with Gasteiger partial charge in [0.2, 0.25) is 5.88 Å². The van der Waals surface area contributed by atoms with Gasteiger partial charge in [-0.05, 0) is 84.5 Å². The van der Waals surface area contributed by atoms with E-state index < -0.39 is 0 Å². The first-order valence-corrected chi connectivity index (χ1v) is 10.7. The number of aromatic hydroxyl groups is 1. The molecule has 0 saturated heterocycles. The molecule has 0 bridgehead atoms. The Morgan fingerprint density at radius 1 is 1.13 bits per heavy atom. The number of benzene rings is 2. The molecular weight excluding hydrogens is 386 g/mol. The molecule has 0 fully saturated rings. The Kier molecular flexibility index (Phi) is 4.74. The predicted molar refractivity (Wildman–Crippen MR) is 123 cm³/mol. The molecule has 2 aromatic heterocycles. The number of phenolic OH excluding ortho intramolecular Hbond substituents is 1. The molecule has 0 spiro atoms. The van der Waals surface area contributed by atoms with Gasteiger partial charge in [-0.2, -0.15) is 5.10 Å². The molecule has 0 amide bonds. The Morgan fingerprint density at radius 2 is 2.00 bits per heavy atom. The minimum atomic E-state index is 0.259. The van der Waals surface area contributed by atoms with Crippen molar-refractivity contribution >= 4 is 22.0 Å². The minimum Gasteiger partial charge on any atom is -0.508 e. The first-order chi connectivity index (χ1) is 15.1. The monoisotopic (exact) mass is 411 g/mol. The van der Waals surface area contributed by atoms with Gasteiger partial charge in [-0.15, -0.1) is 0 Å². The third kappa shape index (κ3) is 3.26. The molecule has 156 valence electrons. The number of allylic oxidation sites excluding steroid dienone is 1. The van der Waals surface area contributed by atoms with Crippen molar-refractivity contribution in [1.29, 1.82) is 0 Å². The molecule has 0 aliphatic carbocycles. The fourth-order valence-corrected chi connectivity index (χ4v) is 4.43. The fraction of sp³-hybridized carbons (Fsp3) is 0.231. The summed E-state index contributed by atoms with van der Waals surface area (Å²) in [4.78, 5) is 4.52. The van der Waals surface area contributed by atoms with Gasteiger partial charge in [0, 0.05) is 23.2 Å². The van der Waals surface area contributed by atoms with Crippen LogP contribution in [-0.4, -0.2) is 19.9 Å². The van der Waals surface area contributed by atoms with Crippen molar-refractivity contribution < 1.29 is 9.84 Å². The van der Waals surface area contributed by atoms with Crippen LogP contribution in [0.15, 0.2) is 60.9 Å². The number of ether oxygens (including phenoxy) is 1. The molecule has 5 heteroatoms. The van der Waals surface area contributed by atoms with Crippen molar-refractivity contribution in [3.63, 3.8) is 0 Å². The Hall–Kier alpha value is -3.60. The van der Waals surface area contributed by atoms with Gasteiger partial charge in [-0.3, -0.25) is 4.68 Å². The lowest BCUT2D eigenvalue weighted by atomic mass is 9.86. The number of hydrogen-bond acceptors (Lipinski definition) is 4. The van der Waals surface area contributed by atoms with E-state index in [-0.39, 0.29) is 11.8 Å². The highest BCUT2D eigenvalue weighted by Crippen LogP contribution is 2.43. The quantitative estimate of drug-likeness (QED) is 0.450. The summed E-state index contributed by atoms with van der Waals surface area (Å²) >= 11 is 0. The Bertz CT molecular complexity index is 1320. The lowest BCUT2D eigenvalue weighted by Gasteiger charge is -2.17. The van der Waals surface area contributed by atoms with E-state index in [9.17, 15) is 5.11 Å². The maximum atomic E-state index is 10.1. The van der Waals surface area contributed by atoms with Gasteiger partial charge < -0.3 is 9.84 Å². The molecule has 0 atom stereocenters. The summed E-state index contributed by atoms with van der Waals surface area (Å²) in [5.74, 6) is 0.892. The van der Waals surface area contributed by atoms with Crippen LogP contribution in [0, 0.1) is 0 Å². The maximum absolute atomic E-state index is 10.1. The highest BCUT2D eigenvalue weighted by Gasteiger charge is 2.25. The van der Waals surface area contributed by atoms with Gasteiger partial charge in [0.05, 0.1) is 11.7 Å². The van der Waals surface area contributed by atoms with Crippen molar-refractivity contribution in [1.82, 2.24) is 14.8 Å². The molecule has 0 radical (unpaired) electrons. The number of aromatic nitrogens is 3. The van der Waals surface area contributed by atoms with Crippen molar-refractivity contribution in [2.75, 3.05) is 0 Å². The van der Waals surface area contributed by atoms with Crippen molar-refractivity contribution in [2.45, 2.75) is 39.8 Å². The van der Waals surface area contributed by atoms with E-state index in [0.717, 1.165) is 50.7 Å². The molecule has 5 rings (SSSR count). The molecular formula is C26H25N3O2. The van der Waals surface area contributed by atoms with Gasteiger partial charge in [0.15, 0.2) is 0 Å². The summed E-state index contributed by atoms with van der Waals surface area (Å²) in [6, 6.07) is 16.1. The molecule has 31 heavy (non-hydrogen) atoms. The molecule has 1 aliphatic rings. The second-order valence-electron chi connectivity index (χ2n) is 8.15. The lowest BCUT2D eigenvalue weighted by Crippen LogP contribution is -2.03. The first-order valence-electron chi connectivity index (χ1n) is 10.7. The summed E-state index contributed by atoms with van der Waals surface area (Å²) in [5.41, 5.74) is 7.55. The Balaban J connectivity index is 1.86. The van der Waals surface area contributed by atoms with E-state index in [2.05, 4.69) is 49.1 Å². The van der Waals surface area contributed by atoms with E-state index in [1.165, 1.54) is 0 Å². The van der Waals surface area contributed by atoms with Crippen molar-refractivity contribution in [2.24, 2.45) is 0 Å². The molecule has 1 aliphatic heterocycles. The number of nitrogens with zero attached hydrogens (tertiary/aromatic N) is 3. The van der Waals surface area contributed by atoms with Crippen LogP contribution >= 0.6 is 0 Å². The molecule has 0 unspecified atom stereocenters. The topological polar surface area (TPSA) is 60.2 Å². The van der Waals surface area contributed by atoms with E-state index in [1.54, 1.807) is 12.3 Å². The molecule has 0 saturated carbocycles. The van der Waals surface area contributed by atoms with Gasteiger partial charge in [0.1, 0.15) is 12.4 Å². The maximum Gasteiger partial charge on any atom is 0.221 e. The Labute approximate surface area is 181 Å².